The van der Waals surface area contributed by atoms with Crippen LogP contribution in [-0.4, -0.2) is 67.1 Å². The minimum atomic E-state index is -1.29. The number of likely N-dealkylation sites (N-methyl/N-ethyl adjacent to an activating group) is 1. The molecule has 4 aromatic rings. The van der Waals surface area contributed by atoms with Gasteiger partial charge < -0.3 is 35.4 Å². The Bertz CT molecular complexity index is 1800. The number of pyridine rings is 1. The highest BCUT2D eigenvalue weighted by molar-refractivity contribution is 5.91. The summed E-state index contributed by atoms with van der Waals surface area (Å²) in [5.41, 5.74) is 8.34. The van der Waals surface area contributed by atoms with Gasteiger partial charge in [0, 0.05) is 32.7 Å². The van der Waals surface area contributed by atoms with Gasteiger partial charge in [0.05, 0.1) is 5.92 Å². The number of anilines is 1. The van der Waals surface area contributed by atoms with Crippen molar-refractivity contribution in [3.05, 3.63) is 95.1 Å². The fourth-order valence-electron chi connectivity index (χ4n) is 5.57. The Kier molecular flexibility index (Phi) is 10.9. The van der Waals surface area contributed by atoms with Gasteiger partial charge in [0.1, 0.15) is 22.7 Å². The molecule has 1 atom stereocenters. The van der Waals surface area contributed by atoms with Crippen LogP contribution in [0, 0.1) is 24.5 Å². The van der Waals surface area contributed by atoms with Gasteiger partial charge in [0.15, 0.2) is 0 Å². The van der Waals surface area contributed by atoms with E-state index in [1.165, 1.54) is 17.0 Å². The maximum Gasteiger partial charge on any atom is 0.339 e. The van der Waals surface area contributed by atoms with Gasteiger partial charge in [0.25, 0.3) is 11.8 Å². The summed E-state index contributed by atoms with van der Waals surface area (Å²) in [6.07, 6.45) is 1.05. The summed E-state index contributed by atoms with van der Waals surface area (Å²) in [6, 6.07) is 18.9. The van der Waals surface area contributed by atoms with Crippen molar-refractivity contribution < 1.29 is 33.0 Å². The number of hydrogen-bond donors (Lipinski definition) is 3. The standard InChI is InChI=1S/C36H39F2N5O5/c1-22-12-13-28(36(45)46)29(17-22)48-35-31(38)32(43-15-6-10-26(21-43)33(44)40-14-16-42(2)3)30(37)34(41-35)47-27-11-5-9-25(19-27)24-8-4-7-23(18-24)20-39/h4-5,7-9,11-13,17-19,26H,6,10,14-16,20-21,39H2,1-3H3,(H,40,44)(H,45,46). The molecule has 1 amide bonds. The number of carbonyl (C=O) groups excluding carboxylic acids is 1. The zero-order valence-corrected chi connectivity index (χ0v) is 27.1. The molecule has 5 rings (SSSR count). The lowest BCUT2D eigenvalue weighted by Crippen LogP contribution is -2.45. The van der Waals surface area contributed by atoms with Crippen LogP contribution >= 0.6 is 0 Å². The average Bonchev–Trinajstić information content (AvgIpc) is 3.07. The van der Waals surface area contributed by atoms with Crippen molar-refractivity contribution in [2.75, 3.05) is 45.2 Å². The van der Waals surface area contributed by atoms with E-state index in [1.807, 2.05) is 49.3 Å². The first-order valence-corrected chi connectivity index (χ1v) is 15.7. The molecule has 10 nitrogen and oxygen atoms in total. The highest BCUT2D eigenvalue weighted by Gasteiger charge is 2.33. The number of amides is 1. The number of ether oxygens (including phenoxy) is 2. The third-order valence-corrected chi connectivity index (χ3v) is 8.08. The van der Waals surface area contributed by atoms with Crippen molar-refractivity contribution in [3.8, 4) is 34.4 Å². The van der Waals surface area contributed by atoms with Gasteiger partial charge in [-0.25, -0.2) is 4.79 Å². The van der Waals surface area contributed by atoms with Gasteiger partial charge in [-0.05, 0) is 86.4 Å². The van der Waals surface area contributed by atoms with Gasteiger partial charge in [-0.1, -0.05) is 36.4 Å². The number of nitrogens with two attached hydrogens (primary N) is 1. The van der Waals surface area contributed by atoms with Crippen LogP contribution in [0.4, 0.5) is 14.5 Å². The summed E-state index contributed by atoms with van der Waals surface area (Å²) in [6.45, 7) is 3.47. The van der Waals surface area contributed by atoms with E-state index in [0.717, 1.165) is 16.7 Å². The van der Waals surface area contributed by atoms with Crippen LogP contribution in [0.1, 0.15) is 34.3 Å². The number of rotatable bonds is 12. The zero-order chi connectivity index (χ0) is 34.4. The van der Waals surface area contributed by atoms with Crippen molar-refractivity contribution in [1.29, 1.82) is 0 Å². The summed E-state index contributed by atoms with van der Waals surface area (Å²) >= 11 is 0. The maximum atomic E-state index is 16.4. The van der Waals surface area contributed by atoms with E-state index < -0.39 is 41.0 Å². The number of carbonyl (C=O) groups is 2. The molecule has 0 bridgehead atoms. The third kappa shape index (κ3) is 8.07. The number of carboxylic acids is 1. The quantitative estimate of drug-likeness (QED) is 0.168. The second-order valence-electron chi connectivity index (χ2n) is 12.0. The van der Waals surface area contributed by atoms with Crippen molar-refractivity contribution in [2.45, 2.75) is 26.3 Å². The summed E-state index contributed by atoms with van der Waals surface area (Å²) in [5, 5.41) is 12.6. The molecule has 1 aliphatic heterocycles. The zero-order valence-electron chi connectivity index (χ0n) is 27.1. The molecule has 4 N–H and O–H groups in total. The fourth-order valence-corrected chi connectivity index (χ4v) is 5.57. The number of nitrogens with zero attached hydrogens (tertiary/aromatic N) is 3. The molecule has 48 heavy (non-hydrogen) atoms. The molecule has 1 aromatic heterocycles. The van der Waals surface area contributed by atoms with E-state index in [2.05, 4.69) is 10.3 Å². The van der Waals surface area contributed by atoms with Crippen LogP contribution < -0.4 is 25.4 Å². The second-order valence-corrected chi connectivity index (χ2v) is 12.0. The molecule has 1 aliphatic rings. The number of carboxylic acid groups (broad SMARTS) is 1. The Balaban J connectivity index is 1.53. The number of nitrogens with one attached hydrogen (secondary N) is 1. The van der Waals surface area contributed by atoms with Crippen LogP contribution in [0.5, 0.6) is 23.3 Å². The van der Waals surface area contributed by atoms with Crippen molar-refractivity contribution >= 4 is 17.6 Å². The first-order chi connectivity index (χ1) is 23.0. The van der Waals surface area contributed by atoms with Crippen molar-refractivity contribution in [1.82, 2.24) is 15.2 Å². The number of aromatic carboxylic acids is 1. The van der Waals surface area contributed by atoms with E-state index in [0.29, 0.717) is 38.0 Å². The molecule has 1 saturated heterocycles. The molecule has 12 heteroatoms. The molecule has 1 fully saturated rings. The van der Waals surface area contributed by atoms with Gasteiger partial charge in [0.2, 0.25) is 17.5 Å². The van der Waals surface area contributed by atoms with E-state index in [1.54, 1.807) is 31.2 Å². The molecule has 2 heterocycles. The van der Waals surface area contributed by atoms with Crippen molar-refractivity contribution in [2.24, 2.45) is 11.7 Å². The van der Waals surface area contributed by atoms with Crippen LogP contribution in [0.15, 0.2) is 66.7 Å². The Morgan fingerprint density at radius 3 is 2.44 bits per heavy atom. The number of benzene rings is 3. The number of hydrogen-bond acceptors (Lipinski definition) is 8. The minimum Gasteiger partial charge on any atom is -0.478 e. The largest absolute Gasteiger partial charge is 0.478 e. The third-order valence-electron chi connectivity index (χ3n) is 8.08. The number of aryl methyl sites for hydroxylation is 1. The highest BCUT2D eigenvalue weighted by atomic mass is 19.1. The van der Waals surface area contributed by atoms with E-state index in [4.69, 9.17) is 15.2 Å². The molecule has 3 aromatic carbocycles. The lowest BCUT2D eigenvalue weighted by molar-refractivity contribution is -0.125. The average molecular weight is 660 g/mol. The van der Waals surface area contributed by atoms with E-state index in [-0.39, 0.29) is 36.1 Å². The maximum absolute atomic E-state index is 16.4. The van der Waals surface area contributed by atoms with Crippen LogP contribution in [-0.2, 0) is 11.3 Å². The Morgan fingerprint density at radius 1 is 1.02 bits per heavy atom. The van der Waals surface area contributed by atoms with Crippen LogP contribution in [0.3, 0.4) is 0 Å². The molecule has 1 unspecified atom stereocenters. The summed E-state index contributed by atoms with van der Waals surface area (Å²) in [4.78, 5) is 32.4. The first-order valence-electron chi connectivity index (χ1n) is 15.7. The topological polar surface area (TPSA) is 130 Å². The summed E-state index contributed by atoms with van der Waals surface area (Å²) in [7, 11) is 3.79. The minimum absolute atomic E-state index is 0.0440. The monoisotopic (exact) mass is 659 g/mol. The summed E-state index contributed by atoms with van der Waals surface area (Å²) < 4.78 is 44.5. The number of aromatic nitrogens is 1. The normalized spacial score (nSPS) is 14.6. The lowest BCUT2D eigenvalue weighted by Gasteiger charge is -2.34. The smallest absolute Gasteiger partial charge is 0.339 e. The molecule has 252 valence electrons. The lowest BCUT2D eigenvalue weighted by atomic mass is 9.96. The first kappa shape index (κ1) is 34.3. The predicted octanol–water partition coefficient (Wildman–Crippen LogP) is 5.97. The number of halogens is 2. The molecule has 0 aliphatic carbocycles. The Morgan fingerprint density at radius 2 is 1.73 bits per heavy atom. The van der Waals surface area contributed by atoms with Gasteiger partial charge in [-0.3, -0.25) is 4.79 Å². The Hall–Kier alpha value is -5.07. The van der Waals surface area contributed by atoms with Gasteiger partial charge in [-0.2, -0.15) is 13.8 Å². The van der Waals surface area contributed by atoms with Crippen molar-refractivity contribution in [3.63, 3.8) is 0 Å². The van der Waals surface area contributed by atoms with E-state index in [9.17, 15) is 14.7 Å². The van der Waals surface area contributed by atoms with Gasteiger partial charge >= 0.3 is 5.97 Å². The highest BCUT2D eigenvalue weighted by Crippen LogP contribution is 2.40. The molecule has 0 radical (unpaired) electrons. The molecule has 0 saturated carbocycles. The van der Waals surface area contributed by atoms with Gasteiger partial charge in [-0.15, -0.1) is 0 Å². The molecule has 0 spiro atoms. The molecular weight excluding hydrogens is 620 g/mol. The number of piperidine rings is 1. The summed E-state index contributed by atoms with van der Waals surface area (Å²) in [5.74, 6) is -5.42. The Labute approximate surface area is 278 Å². The second kappa shape index (κ2) is 15.2. The van der Waals surface area contributed by atoms with E-state index >= 15 is 8.78 Å². The van der Waals surface area contributed by atoms with Crippen LogP contribution in [0.25, 0.3) is 11.1 Å². The molecular formula is C36H39F2N5O5. The fraction of sp³-hybridized carbons (Fsp3) is 0.306. The SMILES string of the molecule is Cc1ccc(C(=O)O)c(Oc2nc(Oc3cccc(-c4cccc(CN)c4)c3)c(F)c(N3CCCC(C(=O)NCCN(C)C)C3)c2F)c1. The predicted molar refractivity (Wildman–Crippen MR) is 179 cm³/mol. The van der Waals surface area contributed by atoms with Crippen LogP contribution in [0.2, 0.25) is 0 Å².